The van der Waals surface area contributed by atoms with E-state index in [0.717, 1.165) is 0 Å². The molecule has 0 aromatic rings. The third kappa shape index (κ3) is 13.7. The molecule has 0 amide bonds. The smallest absolute Gasteiger partial charge is 1.00 e. The van der Waals surface area contributed by atoms with Gasteiger partial charge in [0.05, 0.1) is 0 Å². The summed E-state index contributed by atoms with van der Waals surface area (Å²) in [6.45, 7) is 9.63. The molecule has 1 heterocycles. The van der Waals surface area contributed by atoms with Gasteiger partial charge in [0.2, 0.25) is 0 Å². The molecule has 0 aromatic carbocycles. The monoisotopic (exact) mass is 343 g/mol. The van der Waals surface area contributed by atoms with E-state index in [0.29, 0.717) is 0 Å². The molecular weight excluding hydrogens is 311 g/mol. The van der Waals surface area contributed by atoms with Gasteiger partial charge >= 0.3 is 17.1 Å². The van der Waals surface area contributed by atoms with Gasteiger partial charge in [0.15, 0.2) is 0 Å². The fraction of sp³-hybridized carbons (Fsp3) is 1.00. The van der Waals surface area contributed by atoms with Gasteiger partial charge in [0.1, 0.15) is 0 Å². The maximum absolute atomic E-state index is 7.00. The molecule has 126 valence electrons. The number of hydrogen-bond acceptors (Lipinski definition) is 6. The summed E-state index contributed by atoms with van der Waals surface area (Å²) in [5, 5.41) is 14.0. The summed E-state index contributed by atoms with van der Waals surface area (Å²) in [5.41, 5.74) is 0. The summed E-state index contributed by atoms with van der Waals surface area (Å²) in [5.74, 6) is 0. The Kier molecular flexibility index (Phi) is 17.0. The second kappa shape index (κ2) is 15.2. The molecule has 6 nitrogen and oxygen atoms in total. The van der Waals surface area contributed by atoms with Gasteiger partial charge in [-0.3, -0.25) is 0 Å². The van der Waals surface area contributed by atoms with Crippen LogP contribution in [0, 0.1) is 0 Å². The van der Waals surface area contributed by atoms with Crippen LogP contribution in [0.4, 0.5) is 0 Å². The summed E-state index contributed by atoms with van der Waals surface area (Å²) in [4.78, 5) is 9.84. The average molecular weight is 343 g/mol. The predicted molar refractivity (Wildman–Crippen MR) is 79.2 cm³/mol. The van der Waals surface area contributed by atoms with Gasteiger partial charge in [-0.05, 0) is 67.2 Å². The molecule has 1 rings (SSSR count). The van der Waals surface area contributed by atoms with E-state index in [1.807, 2.05) is 0 Å². The van der Waals surface area contributed by atoms with Crippen molar-refractivity contribution in [2.24, 2.45) is 0 Å². The van der Waals surface area contributed by atoms with Gasteiger partial charge in [0.25, 0.3) is 0 Å². The van der Waals surface area contributed by atoms with E-state index in [2.05, 4.69) is 47.8 Å². The van der Waals surface area contributed by atoms with Crippen molar-refractivity contribution in [3.8, 4) is 0 Å². The Morgan fingerprint density at radius 2 is 0.667 bits per heavy atom. The van der Waals surface area contributed by atoms with Crippen LogP contribution in [0.15, 0.2) is 0 Å². The average Bonchev–Trinajstić information content (AvgIpc) is 2.44. The molecular formula is C14H32MnN4O2+. The van der Waals surface area contributed by atoms with Crippen molar-refractivity contribution in [3.05, 3.63) is 0 Å². The molecule has 0 aromatic heterocycles. The molecule has 0 unspecified atom stereocenters. The first-order chi connectivity index (χ1) is 9.58. The summed E-state index contributed by atoms with van der Waals surface area (Å²) in [6.07, 6.45) is 2.56. The van der Waals surface area contributed by atoms with E-state index in [4.69, 9.17) is 10.5 Å². The number of likely N-dealkylation sites (N-methyl/N-ethyl adjacent to an activating group) is 4. The Morgan fingerprint density at radius 3 is 0.857 bits per heavy atom. The first-order valence-corrected chi connectivity index (χ1v) is 7.49. The third-order valence-corrected chi connectivity index (χ3v) is 3.89. The van der Waals surface area contributed by atoms with Crippen LogP contribution in [-0.4, -0.2) is 100 Å². The molecule has 7 heteroatoms. The van der Waals surface area contributed by atoms with Crippen LogP contribution in [0.5, 0.6) is 0 Å². The molecule has 21 heavy (non-hydrogen) atoms. The summed E-state index contributed by atoms with van der Waals surface area (Å²) in [7, 11) is 8.97. The molecule has 0 saturated carbocycles. The first kappa shape index (κ1) is 23.5. The number of rotatable bonds is 0. The number of hydrogen-bond donors (Lipinski definition) is 0. The minimum atomic E-state index is 0. The molecule has 1 aliphatic rings. The van der Waals surface area contributed by atoms with Crippen molar-refractivity contribution in [1.82, 2.24) is 19.6 Å². The van der Waals surface area contributed by atoms with Crippen molar-refractivity contribution in [3.63, 3.8) is 0 Å². The zero-order chi connectivity index (χ0) is 15.4. The van der Waals surface area contributed by atoms with Crippen molar-refractivity contribution >= 4 is 0 Å². The zero-order valence-corrected chi connectivity index (χ0v) is 15.2. The molecule has 1 fully saturated rings. The van der Waals surface area contributed by atoms with Crippen LogP contribution >= 0.6 is 0 Å². The molecule has 0 atom stereocenters. The van der Waals surface area contributed by atoms with Crippen LogP contribution in [-0.2, 0) is 17.1 Å². The summed E-state index contributed by atoms with van der Waals surface area (Å²) in [6, 6.07) is 0. The van der Waals surface area contributed by atoms with Gasteiger partial charge in [-0.25, -0.2) is 0 Å². The molecule has 0 radical (unpaired) electrons. The van der Waals surface area contributed by atoms with Gasteiger partial charge in [-0.2, -0.15) is 0 Å². The van der Waals surface area contributed by atoms with Crippen molar-refractivity contribution in [2.75, 3.05) is 80.5 Å². The summed E-state index contributed by atoms with van der Waals surface area (Å²) < 4.78 is 0. The summed E-state index contributed by atoms with van der Waals surface area (Å²) >= 11 is 0. The van der Waals surface area contributed by atoms with Gasteiger partial charge < -0.3 is 30.1 Å². The Hall–Kier alpha value is 0.279. The van der Waals surface area contributed by atoms with Gasteiger partial charge in [0, 0.05) is 26.2 Å². The van der Waals surface area contributed by atoms with Crippen LogP contribution in [0.1, 0.15) is 12.8 Å². The van der Waals surface area contributed by atoms with E-state index in [9.17, 15) is 0 Å². The van der Waals surface area contributed by atoms with Crippen molar-refractivity contribution < 1.29 is 27.6 Å². The van der Waals surface area contributed by atoms with E-state index in [1.165, 1.54) is 65.2 Å². The first-order valence-electron chi connectivity index (χ1n) is 7.49. The molecule has 0 bridgehead atoms. The SMILES string of the molecule is CN1CCCN(C)CCN(C)CCCN(C)CC1.[Mn+3].[O-][O-]. The quantitative estimate of drug-likeness (QED) is 0.292. The molecule has 0 aliphatic carbocycles. The van der Waals surface area contributed by atoms with Gasteiger partial charge in [-0.1, -0.05) is 0 Å². The second-order valence-electron chi connectivity index (χ2n) is 5.92. The largest absolute Gasteiger partial charge is 3.00 e. The van der Waals surface area contributed by atoms with Crippen molar-refractivity contribution in [2.45, 2.75) is 12.8 Å². The van der Waals surface area contributed by atoms with Crippen molar-refractivity contribution in [1.29, 1.82) is 0 Å². The number of nitrogens with zero attached hydrogens (tertiary/aromatic N) is 4. The zero-order valence-electron chi connectivity index (χ0n) is 14.1. The van der Waals surface area contributed by atoms with E-state index in [1.54, 1.807) is 0 Å². The normalized spacial score (nSPS) is 22.6. The molecule has 0 spiro atoms. The second-order valence-corrected chi connectivity index (χ2v) is 5.92. The van der Waals surface area contributed by atoms with Crippen LogP contribution < -0.4 is 10.5 Å². The van der Waals surface area contributed by atoms with Crippen LogP contribution in [0.2, 0.25) is 0 Å². The van der Waals surface area contributed by atoms with E-state index in [-0.39, 0.29) is 17.1 Å². The minimum absolute atomic E-state index is 0. The maximum Gasteiger partial charge on any atom is 3.00 e. The Labute approximate surface area is 141 Å². The van der Waals surface area contributed by atoms with Gasteiger partial charge in [-0.15, -0.1) is 0 Å². The topological polar surface area (TPSA) is 59.1 Å². The Bertz CT molecular complexity index is 183. The van der Waals surface area contributed by atoms with Crippen LogP contribution in [0.25, 0.3) is 0 Å². The Morgan fingerprint density at radius 1 is 0.476 bits per heavy atom. The minimum Gasteiger partial charge on any atom is -1.00 e. The molecule has 1 aliphatic heterocycles. The predicted octanol–water partition coefficient (Wildman–Crippen LogP) is -1.87. The van der Waals surface area contributed by atoms with Crippen LogP contribution in [0.3, 0.4) is 0 Å². The fourth-order valence-corrected chi connectivity index (χ4v) is 2.35. The maximum atomic E-state index is 7.00. The molecule has 1 saturated heterocycles. The Balaban J connectivity index is 0. The van der Waals surface area contributed by atoms with E-state index >= 15 is 0 Å². The molecule has 0 N–H and O–H groups in total. The standard InChI is InChI=1S/C14H32N4.Mn.O2/c1-15-7-5-8-17(3)13-14-18(4)10-6-9-16(2)12-11-15;;1-2/h5-14H2,1-4H3;;/q;+3;-2. The fourth-order valence-electron chi connectivity index (χ4n) is 2.35. The van der Waals surface area contributed by atoms with E-state index < -0.39 is 0 Å². The third-order valence-electron chi connectivity index (χ3n) is 3.89.